The van der Waals surface area contributed by atoms with Gasteiger partial charge in [-0.05, 0) is 43.2 Å². The first-order chi connectivity index (χ1) is 7.34. The molecule has 0 radical (unpaired) electrons. The first-order valence-electron chi connectivity index (χ1n) is 4.92. The van der Waals surface area contributed by atoms with Gasteiger partial charge in [-0.3, -0.25) is 0 Å². The van der Waals surface area contributed by atoms with Gasteiger partial charge in [0.05, 0.1) is 11.4 Å². The molecule has 0 amide bonds. The predicted molar refractivity (Wildman–Crippen MR) is 59.1 cm³/mol. The summed E-state index contributed by atoms with van der Waals surface area (Å²) in [5, 5.41) is 17.2. The third-order valence-corrected chi connectivity index (χ3v) is 2.11. The van der Waals surface area contributed by atoms with Crippen LogP contribution >= 0.6 is 0 Å². The Morgan fingerprint density at radius 2 is 1.80 bits per heavy atom. The van der Waals surface area contributed by atoms with Crippen LogP contribution in [0.15, 0.2) is 58.4 Å². The van der Waals surface area contributed by atoms with Gasteiger partial charge in [-0.25, -0.2) is 0 Å². The van der Waals surface area contributed by atoms with Gasteiger partial charge >= 0.3 is 0 Å². The highest BCUT2D eigenvalue weighted by atomic mass is 16.3. The molecule has 0 aromatic heterocycles. The number of azo groups is 1. The molecule has 0 heterocycles. The molecule has 0 spiro atoms. The van der Waals surface area contributed by atoms with Crippen molar-refractivity contribution < 1.29 is 5.11 Å². The van der Waals surface area contributed by atoms with Crippen molar-refractivity contribution in [3.63, 3.8) is 0 Å². The monoisotopic (exact) mass is 200 g/mol. The van der Waals surface area contributed by atoms with Crippen LogP contribution in [0.1, 0.15) is 12.8 Å². The summed E-state index contributed by atoms with van der Waals surface area (Å²) in [6, 6.07) is 6.65. The smallest absolute Gasteiger partial charge is 0.115 e. The fourth-order valence-corrected chi connectivity index (χ4v) is 1.31. The molecule has 1 N–H and O–H groups in total. The Labute approximate surface area is 88.5 Å². The van der Waals surface area contributed by atoms with Gasteiger partial charge < -0.3 is 5.11 Å². The number of allylic oxidation sites excluding steroid dienone is 3. The van der Waals surface area contributed by atoms with Gasteiger partial charge in [-0.1, -0.05) is 12.2 Å². The average Bonchev–Trinajstić information content (AvgIpc) is 2.30. The van der Waals surface area contributed by atoms with E-state index in [1.807, 2.05) is 6.08 Å². The van der Waals surface area contributed by atoms with E-state index in [9.17, 15) is 0 Å². The highest BCUT2D eigenvalue weighted by Crippen LogP contribution is 2.19. The number of hydrogen-bond acceptors (Lipinski definition) is 3. The summed E-state index contributed by atoms with van der Waals surface area (Å²) >= 11 is 0. The lowest BCUT2D eigenvalue weighted by molar-refractivity contribution is 0.475. The second-order valence-corrected chi connectivity index (χ2v) is 3.33. The molecule has 1 aromatic carbocycles. The number of nitrogens with zero attached hydrogens (tertiary/aromatic N) is 2. The lowest BCUT2D eigenvalue weighted by Gasteiger charge is -1.99. The molecule has 15 heavy (non-hydrogen) atoms. The van der Waals surface area contributed by atoms with E-state index in [4.69, 9.17) is 5.11 Å². The normalized spacial score (nSPS) is 15.6. The standard InChI is InChI=1S/C12H12N2O/c15-12-8-6-11(7-9-12)14-13-10-4-2-1-3-5-10/h2,4-9,15H,1,3H2. The van der Waals surface area contributed by atoms with Crippen LogP contribution in [0, 0.1) is 0 Å². The van der Waals surface area contributed by atoms with Crippen molar-refractivity contribution in [3.05, 3.63) is 48.2 Å². The lowest BCUT2D eigenvalue weighted by Crippen LogP contribution is -1.79. The lowest BCUT2D eigenvalue weighted by atomic mass is 10.2. The molecule has 1 aliphatic carbocycles. The third-order valence-electron chi connectivity index (χ3n) is 2.11. The van der Waals surface area contributed by atoms with Crippen LogP contribution in [0.25, 0.3) is 0 Å². The maximum Gasteiger partial charge on any atom is 0.115 e. The number of benzene rings is 1. The molecular formula is C12H12N2O. The van der Waals surface area contributed by atoms with E-state index in [-0.39, 0.29) is 5.75 Å². The van der Waals surface area contributed by atoms with Crippen molar-refractivity contribution in [2.75, 3.05) is 0 Å². The first kappa shape index (κ1) is 9.65. The maximum atomic E-state index is 9.08. The molecule has 0 fully saturated rings. The van der Waals surface area contributed by atoms with Crippen LogP contribution in [0.3, 0.4) is 0 Å². The third kappa shape index (κ3) is 2.77. The van der Waals surface area contributed by atoms with Crippen molar-refractivity contribution in [3.8, 4) is 5.75 Å². The van der Waals surface area contributed by atoms with Crippen molar-refractivity contribution in [2.24, 2.45) is 10.2 Å². The summed E-state index contributed by atoms with van der Waals surface area (Å²) in [4.78, 5) is 0. The second kappa shape index (κ2) is 4.55. The second-order valence-electron chi connectivity index (χ2n) is 3.33. The maximum absolute atomic E-state index is 9.08. The summed E-state index contributed by atoms with van der Waals surface area (Å²) in [5.41, 5.74) is 1.64. The SMILES string of the molecule is Oc1ccc(N=NC2=CCCC=C2)cc1. The highest BCUT2D eigenvalue weighted by molar-refractivity contribution is 5.40. The van der Waals surface area contributed by atoms with Crippen molar-refractivity contribution >= 4 is 5.69 Å². The van der Waals surface area contributed by atoms with Crippen LogP contribution in [0.4, 0.5) is 5.69 Å². The van der Waals surface area contributed by atoms with Crippen molar-refractivity contribution in [2.45, 2.75) is 12.8 Å². The first-order valence-corrected chi connectivity index (χ1v) is 4.92. The number of phenols is 1. The van der Waals surface area contributed by atoms with E-state index in [1.165, 1.54) is 0 Å². The molecule has 3 nitrogen and oxygen atoms in total. The molecule has 0 atom stereocenters. The summed E-state index contributed by atoms with van der Waals surface area (Å²) < 4.78 is 0. The quantitative estimate of drug-likeness (QED) is 0.726. The Bertz CT molecular complexity index is 416. The van der Waals surface area contributed by atoms with Crippen LogP contribution < -0.4 is 0 Å². The molecule has 1 aromatic rings. The van der Waals surface area contributed by atoms with Gasteiger partial charge in [0, 0.05) is 0 Å². The summed E-state index contributed by atoms with van der Waals surface area (Å²) in [6.07, 6.45) is 8.22. The number of rotatable bonds is 2. The fraction of sp³-hybridized carbons (Fsp3) is 0.167. The Balaban J connectivity index is 2.08. The predicted octanol–water partition coefficient (Wildman–Crippen LogP) is 3.71. The van der Waals surface area contributed by atoms with E-state index < -0.39 is 0 Å². The molecule has 76 valence electrons. The molecular weight excluding hydrogens is 188 g/mol. The molecule has 2 rings (SSSR count). The zero-order valence-electron chi connectivity index (χ0n) is 8.30. The molecule has 0 saturated heterocycles. The highest BCUT2D eigenvalue weighted by Gasteiger charge is 1.95. The van der Waals surface area contributed by atoms with E-state index in [2.05, 4.69) is 22.4 Å². The number of hydrogen-bond donors (Lipinski definition) is 1. The largest absolute Gasteiger partial charge is 0.508 e. The number of aromatic hydroxyl groups is 1. The van der Waals surface area contributed by atoms with Gasteiger partial charge in [-0.15, -0.1) is 0 Å². The summed E-state index contributed by atoms with van der Waals surface area (Å²) in [7, 11) is 0. The molecule has 1 aliphatic rings. The van der Waals surface area contributed by atoms with Gasteiger partial charge in [0.15, 0.2) is 0 Å². The molecule has 0 bridgehead atoms. The Morgan fingerprint density at radius 1 is 1.00 bits per heavy atom. The topological polar surface area (TPSA) is 45.0 Å². The zero-order valence-corrected chi connectivity index (χ0v) is 8.30. The van der Waals surface area contributed by atoms with Gasteiger partial charge in [0.25, 0.3) is 0 Å². The van der Waals surface area contributed by atoms with E-state index >= 15 is 0 Å². The molecule has 0 unspecified atom stereocenters. The Hall–Kier alpha value is -1.90. The average molecular weight is 200 g/mol. The Morgan fingerprint density at radius 3 is 2.47 bits per heavy atom. The van der Waals surface area contributed by atoms with Gasteiger partial charge in [-0.2, -0.15) is 10.2 Å². The van der Waals surface area contributed by atoms with Crippen LogP contribution in [0.2, 0.25) is 0 Å². The van der Waals surface area contributed by atoms with Crippen molar-refractivity contribution in [1.29, 1.82) is 0 Å². The minimum absolute atomic E-state index is 0.241. The fourth-order valence-electron chi connectivity index (χ4n) is 1.31. The minimum atomic E-state index is 0.241. The molecule has 0 saturated carbocycles. The van der Waals surface area contributed by atoms with E-state index in [0.717, 1.165) is 24.2 Å². The minimum Gasteiger partial charge on any atom is -0.508 e. The molecule has 0 aliphatic heterocycles. The molecule has 3 heteroatoms. The summed E-state index contributed by atoms with van der Waals surface area (Å²) in [6.45, 7) is 0. The van der Waals surface area contributed by atoms with Gasteiger partial charge in [0.2, 0.25) is 0 Å². The zero-order chi connectivity index (χ0) is 10.5. The van der Waals surface area contributed by atoms with Gasteiger partial charge in [0.1, 0.15) is 5.75 Å². The van der Waals surface area contributed by atoms with Crippen molar-refractivity contribution in [1.82, 2.24) is 0 Å². The van der Waals surface area contributed by atoms with E-state index in [1.54, 1.807) is 24.3 Å². The van der Waals surface area contributed by atoms with Crippen LogP contribution in [-0.2, 0) is 0 Å². The van der Waals surface area contributed by atoms with Crippen LogP contribution in [-0.4, -0.2) is 5.11 Å². The van der Waals surface area contributed by atoms with Crippen LogP contribution in [0.5, 0.6) is 5.75 Å². The summed E-state index contributed by atoms with van der Waals surface area (Å²) in [5.74, 6) is 0.241. The Kier molecular flexibility index (Phi) is 2.93. The van der Waals surface area contributed by atoms with E-state index in [0.29, 0.717) is 0 Å². The number of phenolic OH excluding ortho intramolecular Hbond substituents is 1.